The zero-order valence-electron chi connectivity index (χ0n) is 13.2. The van der Waals surface area contributed by atoms with E-state index in [0.717, 1.165) is 25.7 Å². The Kier molecular flexibility index (Phi) is 7.37. The summed E-state index contributed by atoms with van der Waals surface area (Å²) in [5.41, 5.74) is 0.582. The number of ether oxygens (including phenoxy) is 2. The van der Waals surface area contributed by atoms with Crippen LogP contribution in [0.1, 0.15) is 39.5 Å². The van der Waals surface area contributed by atoms with Crippen LogP contribution in [0.5, 0.6) is 11.5 Å². The van der Waals surface area contributed by atoms with E-state index in [9.17, 15) is 4.79 Å². The number of benzene rings is 1. The Balaban J connectivity index is 2.92. The minimum absolute atomic E-state index is 0.00799. The van der Waals surface area contributed by atoms with Crippen molar-refractivity contribution in [1.29, 1.82) is 0 Å². The number of carbonyl (C=O) groups excluding carboxylic acids is 1. The van der Waals surface area contributed by atoms with Gasteiger partial charge in [0.25, 0.3) is 0 Å². The first-order valence-corrected chi connectivity index (χ1v) is 7.67. The van der Waals surface area contributed by atoms with Crippen LogP contribution in [0, 0.1) is 5.92 Å². The average Bonchev–Trinajstić information content (AvgIpc) is 2.49. The Morgan fingerprint density at radius 1 is 1.24 bits per heavy atom. The molecule has 1 amide bonds. The Bertz CT molecular complexity index is 477. The minimum Gasteiger partial charge on any atom is -0.495 e. The van der Waals surface area contributed by atoms with Gasteiger partial charge in [-0.3, -0.25) is 4.79 Å². The second-order valence-electron chi connectivity index (χ2n) is 4.92. The molecule has 0 aromatic heterocycles. The second-order valence-corrected chi connectivity index (χ2v) is 5.33. The molecular weight excluding hydrogens is 290 g/mol. The zero-order chi connectivity index (χ0) is 15.8. The van der Waals surface area contributed by atoms with Crippen molar-refractivity contribution in [3.63, 3.8) is 0 Å². The maximum absolute atomic E-state index is 12.4. The SMILES string of the molecule is CCCC[C@@H](CC)C(=O)Nc1cc(OC)c(Cl)cc1OC. The Morgan fingerprint density at radius 2 is 1.90 bits per heavy atom. The molecule has 4 nitrogen and oxygen atoms in total. The summed E-state index contributed by atoms with van der Waals surface area (Å²) in [4.78, 5) is 12.4. The van der Waals surface area contributed by atoms with E-state index in [-0.39, 0.29) is 11.8 Å². The number of nitrogens with one attached hydrogen (secondary N) is 1. The molecule has 0 bridgehead atoms. The summed E-state index contributed by atoms with van der Waals surface area (Å²) in [6, 6.07) is 3.33. The van der Waals surface area contributed by atoms with Crippen LogP contribution < -0.4 is 14.8 Å². The van der Waals surface area contributed by atoms with Crippen LogP contribution in [-0.2, 0) is 4.79 Å². The molecule has 0 fully saturated rings. The first-order valence-electron chi connectivity index (χ1n) is 7.29. The van der Waals surface area contributed by atoms with E-state index in [2.05, 4.69) is 12.2 Å². The van der Waals surface area contributed by atoms with Gasteiger partial charge in [0.15, 0.2) is 0 Å². The molecule has 0 aliphatic carbocycles. The highest BCUT2D eigenvalue weighted by atomic mass is 35.5. The number of carbonyl (C=O) groups is 1. The molecule has 0 spiro atoms. The standard InChI is InChI=1S/C16H24ClNO3/c1-5-7-8-11(6-2)16(19)18-13-10-14(20-3)12(17)9-15(13)21-4/h9-11H,5-8H2,1-4H3,(H,18,19)/t11-/m1/s1. The van der Waals surface area contributed by atoms with Gasteiger partial charge in [-0.1, -0.05) is 38.3 Å². The van der Waals surface area contributed by atoms with E-state index in [1.807, 2.05) is 6.92 Å². The third-order valence-corrected chi connectivity index (χ3v) is 3.80. The number of methoxy groups -OCH3 is 2. The van der Waals surface area contributed by atoms with Crippen molar-refractivity contribution >= 4 is 23.2 Å². The Hall–Kier alpha value is -1.42. The lowest BCUT2D eigenvalue weighted by Gasteiger charge is -2.17. The van der Waals surface area contributed by atoms with Crippen LogP contribution in [-0.4, -0.2) is 20.1 Å². The normalized spacial score (nSPS) is 11.9. The van der Waals surface area contributed by atoms with E-state index in [1.54, 1.807) is 19.2 Å². The number of unbranched alkanes of at least 4 members (excludes halogenated alkanes) is 1. The van der Waals surface area contributed by atoms with Gasteiger partial charge < -0.3 is 14.8 Å². The van der Waals surface area contributed by atoms with Gasteiger partial charge in [0.2, 0.25) is 5.91 Å². The molecule has 0 radical (unpaired) electrons. The number of amides is 1. The van der Waals surface area contributed by atoms with Crippen molar-refractivity contribution in [2.24, 2.45) is 5.92 Å². The fourth-order valence-electron chi connectivity index (χ4n) is 2.16. The average molecular weight is 314 g/mol. The van der Waals surface area contributed by atoms with Crippen molar-refractivity contribution in [3.05, 3.63) is 17.2 Å². The fourth-order valence-corrected chi connectivity index (χ4v) is 2.39. The van der Waals surface area contributed by atoms with Crippen LogP contribution in [0.15, 0.2) is 12.1 Å². The molecule has 118 valence electrons. The van der Waals surface area contributed by atoms with Crippen molar-refractivity contribution in [3.8, 4) is 11.5 Å². The van der Waals surface area contributed by atoms with E-state index in [4.69, 9.17) is 21.1 Å². The molecule has 1 atom stereocenters. The summed E-state index contributed by atoms with van der Waals surface area (Å²) in [5, 5.41) is 3.37. The van der Waals surface area contributed by atoms with E-state index in [0.29, 0.717) is 22.2 Å². The van der Waals surface area contributed by atoms with Gasteiger partial charge in [-0.25, -0.2) is 0 Å². The lowest BCUT2D eigenvalue weighted by atomic mass is 9.98. The number of halogens is 1. The molecule has 0 saturated carbocycles. The first kappa shape index (κ1) is 17.6. The first-order chi connectivity index (χ1) is 10.1. The van der Waals surface area contributed by atoms with Crippen LogP contribution in [0.3, 0.4) is 0 Å². The van der Waals surface area contributed by atoms with Crippen molar-refractivity contribution < 1.29 is 14.3 Å². The highest BCUT2D eigenvalue weighted by molar-refractivity contribution is 6.32. The zero-order valence-corrected chi connectivity index (χ0v) is 13.9. The Labute approximate surface area is 131 Å². The summed E-state index contributed by atoms with van der Waals surface area (Å²) < 4.78 is 10.4. The summed E-state index contributed by atoms with van der Waals surface area (Å²) in [6.45, 7) is 4.15. The molecular formula is C16H24ClNO3. The topological polar surface area (TPSA) is 47.6 Å². The van der Waals surface area contributed by atoms with Gasteiger partial charge in [0.05, 0.1) is 24.9 Å². The lowest BCUT2D eigenvalue weighted by Crippen LogP contribution is -2.22. The predicted octanol–water partition coefficient (Wildman–Crippen LogP) is 4.51. The molecule has 0 heterocycles. The summed E-state index contributed by atoms with van der Waals surface area (Å²) in [5.74, 6) is 1.05. The number of rotatable bonds is 8. The molecule has 1 aromatic carbocycles. The highest BCUT2D eigenvalue weighted by Gasteiger charge is 2.18. The maximum atomic E-state index is 12.4. The molecule has 5 heteroatoms. The second kappa shape index (κ2) is 8.78. The van der Waals surface area contributed by atoms with E-state index < -0.39 is 0 Å². The molecule has 1 N–H and O–H groups in total. The molecule has 21 heavy (non-hydrogen) atoms. The van der Waals surface area contributed by atoms with Crippen molar-refractivity contribution in [1.82, 2.24) is 0 Å². The van der Waals surface area contributed by atoms with Crippen LogP contribution in [0.4, 0.5) is 5.69 Å². The summed E-state index contributed by atoms with van der Waals surface area (Å²) >= 11 is 6.06. The molecule has 0 aliphatic heterocycles. The van der Waals surface area contributed by atoms with E-state index in [1.165, 1.54) is 7.11 Å². The molecule has 0 saturated heterocycles. The van der Waals surface area contributed by atoms with E-state index >= 15 is 0 Å². The molecule has 1 rings (SSSR count). The summed E-state index contributed by atoms with van der Waals surface area (Å²) in [7, 11) is 3.08. The van der Waals surface area contributed by atoms with Gasteiger partial charge in [0.1, 0.15) is 11.5 Å². The highest BCUT2D eigenvalue weighted by Crippen LogP contribution is 2.36. The third kappa shape index (κ3) is 4.81. The predicted molar refractivity (Wildman–Crippen MR) is 86.5 cm³/mol. The van der Waals surface area contributed by atoms with Gasteiger partial charge >= 0.3 is 0 Å². The smallest absolute Gasteiger partial charge is 0.227 e. The van der Waals surface area contributed by atoms with Crippen molar-refractivity contribution in [2.75, 3.05) is 19.5 Å². The van der Waals surface area contributed by atoms with Crippen molar-refractivity contribution in [2.45, 2.75) is 39.5 Å². The lowest BCUT2D eigenvalue weighted by molar-refractivity contribution is -0.120. The molecule has 0 aliphatic rings. The molecule has 0 unspecified atom stereocenters. The molecule has 1 aromatic rings. The van der Waals surface area contributed by atoms with Gasteiger partial charge in [-0.15, -0.1) is 0 Å². The quantitative estimate of drug-likeness (QED) is 0.768. The van der Waals surface area contributed by atoms with Crippen LogP contribution in [0.2, 0.25) is 5.02 Å². The fraction of sp³-hybridized carbons (Fsp3) is 0.562. The third-order valence-electron chi connectivity index (χ3n) is 3.50. The number of hydrogen-bond donors (Lipinski definition) is 1. The van der Waals surface area contributed by atoms with Gasteiger partial charge in [-0.2, -0.15) is 0 Å². The van der Waals surface area contributed by atoms with Crippen LogP contribution in [0.25, 0.3) is 0 Å². The largest absolute Gasteiger partial charge is 0.495 e. The Morgan fingerprint density at radius 3 is 2.43 bits per heavy atom. The number of anilines is 1. The van der Waals surface area contributed by atoms with Gasteiger partial charge in [-0.05, 0) is 12.8 Å². The maximum Gasteiger partial charge on any atom is 0.227 e. The monoisotopic (exact) mass is 313 g/mol. The minimum atomic E-state index is 0.00799. The van der Waals surface area contributed by atoms with Gasteiger partial charge in [0, 0.05) is 18.1 Å². The van der Waals surface area contributed by atoms with Crippen LogP contribution >= 0.6 is 11.6 Å². The number of hydrogen-bond acceptors (Lipinski definition) is 3. The summed E-state index contributed by atoms with van der Waals surface area (Å²) in [6.07, 6.45) is 3.85.